The quantitative estimate of drug-likeness (QED) is 0.562. The van der Waals surface area contributed by atoms with E-state index in [0.717, 1.165) is 35.8 Å². The first kappa shape index (κ1) is 22.5. The Labute approximate surface area is 173 Å². The van der Waals surface area contributed by atoms with Crippen molar-refractivity contribution in [2.45, 2.75) is 33.0 Å². The third kappa shape index (κ3) is 7.32. The van der Waals surface area contributed by atoms with E-state index in [4.69, 9.17) is 21.1 Å². The highest BCUT2D eigenvalue weighted by atomic mass is 35.5. The van der Waals surface area contributed by atoms with E-state index in [1.165, 1.54) is 0 Å². The van der Waals surface area contributed by atoms with Crippen LogP contribution in [0.25, 0.3) is 0 Å². The Bertz CT molecular complexity index is 723. The molecule has 28 heavy (non-hydrogen) atoms. The van der Waals surface area contributed by atoms with E-state index in [2.05, 4.69) is 24.1 Å². The molecule has 1 atom stereocenters. The van der Waals surface area contributed by atoms with E-state index >= 15 is 0 Å². The molecule has 2 aromatic carbocycles. The largest absolute Gasteiger partial charge is 0.493 e. The van der Waals surface area contributed by atoms with E-state index < -0.39 is 6.10 Å². The van der Waals surface area contributed by atoms with Crippen LogP contribution in [0.4, 0.5) is 0 Å². The molecule has 0 aromatic heterocycles. The van der Waals surface area contributed by atoms with Gasteiger partial charge in [-0.2, -0.15) is 0 Å². The molecule has 0 saturated heterocycles. The highest BCUT2D eigenvalue weighted by molar-refractivity contribution is 6.30. The van der Waals surface area contributed by atoms with Crippen LogP contribution in [0.5, 0.6) is 11.5 Å². The molecule has 6 heteroatoms. The van der Waals surface area contributed by atoms with Gasteiger partial charge in [-0.05, 0) is 48.5 Å². The van der Waals surface area contributed by atoms with E-state index in [0.29, 0.717) is 24.6 Å². The Kier molecular flexibility index (Phi) is 9.58. The van der Waals surface area contributed by atoms with Crippen molar-refractivity contribution in [3.05, 3.63) is 58.6 Å². The van der Waals surface area contributed by atoms with Crippen molar-refractivity contribution in [1.82, 2.24) is 10.2 Å². The predicted octanol–water partition coefficient (Wildman–Crippen LogP) is 3.72. The van der Waals surface area contributed by atoms with Crippen molar-refractivity contribution in [3.63, 3.8) is 0 Å². The average molecular weight is 407 g/mol. The molecule has 2 rings (SSSR count). The summed E-state index contributed by atoms with van der Waals surface area (Å²) >= 11 is 6.02. The number of aliphatic hydroxyl groups is 1. The number of nitrogens with zero attached hydrogens (tertiary/aromatic N) is 1. The first-order chi connectivity index (χ1) is 13.5. The van der Waals surface area contributed by atoms with E-state index in [1.807, 2.05) is 42.5 Å². The van der Waals surface area contributed by atoms with E-state index in [1.54, 1.807) is 7.11 Å². The van der Waals surface area contributed by atoms with Crippen LogP contribution < -0.4 is 14.8 Å². The molecular formula is C22H31ClN2O3. The fourth-order valence-electron chi connectivity index (χ4n) is 2.96. The Morgan fingerprint density at radius 3 is 2.39 bits per heavy atom. The van der Waals surface area contributed by atoms with Gasteiger partial charge in [-0.25, -0.2) is 0 Å². The third-order valence-electron chi connectivity index (χ3n) is 4.57. The Morgan fingerprint density at radius 2 is 1.75 bits per heavy atom. The number of ether oxygens (including phenoxy) is 2. The van der Waals surface area contributed by atoms with Crippen molar-refractivity contribution in [1.29, 1.82) is 0 Å². The SMILES string of the molecule is CCN(CC)C[C@H](O)COc1ccc(CNCc2cccc(Cl)c2)cc1OC. The maximum atomic E-state index is 10.2. The fraction of sp³-hybridized carbons (Fsp3) is 0.455. The summed E-state index contributed by atoms with van der Waals surface area (Å²) in [5, 5.41) is 14.3. The Morgan fingerprint density at radius 1 is 1.04 bits per heavy atom. The second-order valence-electron chi connectivity index (χ2n) is 6.67. The van der Waals surface area contributed by atoms with E-state index in [9.17, 15) is 5.11 Å². The van der Waals surface area contributed by atoms with Gasteiger partial charge < -0.3 is 24.8 Å². The molecule has 0 heterocycles. The predicted molar refractivity (Wildman–Crippen MR) is 114 cm³/mol. The lowest BCUT2D eigenvalue weighted by molar-refractivity contribution is 0.0705. The van der Waals surface area contributed by atoms with Gasteiger partial charge in [0.25, 0.3) is 0 Å². The summed E-state index contributed by atoms with van der Waals surface area (Å²) in [4.78, 5) is 2.17. The van der Waals surface area contributed by atoms with Gasteiger partial charge in [0, 0.05) is 24.7 Å². The average Bonchev–Trinajstić information content (AvgIpc) is 2.70. The normalized spacial score (nSPS) is 12.2. The molecule has 0 aliphatic heterocycles. The zero-order valence-corrected chi connectivity index (χ0v) is 17.7. The first-order valence-corrected chi connectivity index (χ1v) is 10.1. The molecule has 5 nitrogen and oxygen atoms in total. The van der Waals surface area contributed by atoms with Gasteiger partial charge in [0.1, 0.15) is 12.7 Å². The van der Waals surface area contributed by atoms with Crippen LogP contribution >= 0.6 is 11.6 Å². The molecule has 0 bridgehead atoms. The third-order valence-corrected chi connectivity index (χ3v) is 4.81. The van der Waals surface area contributed by atoms with E-state index in [-0.39, 0.29) is 6.61 Å². The molecule has 0 aliphatic carbocycles. The second kappa shape index (κ2) is 11.9. The number of halogens is 1. The maximum Gasteiger partial charge on any atom is 0.161 e. The molecule has 0 fully saturated rings. The lowest BCUT2D eigenvalue weighted by Crippen LogP contribution is -2.35. The maximum absolute atomic E-state index is 10.2. The molecule has 154 valence electrons. The summed E-state index contributed by atoms with van der Waals surface area (Å²) in [5.41, 5.74) is 2.23. The van der Waals surface area contributed by atoms with Crippen LogP contribution in [0.2, 0.25) is 5.02 Å². The van der Waals surface area contributed by atoms with Crippen molar-refractivity contribution in [2.24, 2.45) is 0 Å². The number of methoxy groups -OCH3 is 1. The summed E-state index contributed by atoms with van der Waals surface area (Å²) in [7, 11) is 1.62. The Balaban J connectivity index is 1.86. The van der Waals surface area contributed by atoms with Gasteiger partial charge in [-0.3, -0.25) is 0 Å². The lowest BCUT2D eigenvalue weighted by atomic mass is 10.2. The number of benzene rings is 2. The summed E-state index contributed by atoms with van der Waals surface area (Å²) in [5.74, 6) is 1.30. The minimum Gasteiger partial charge on any atom is -0.493 e. The van der Waals surface area contributed by atoms with Crippen LogP contribution in [-0.4, -0.2) is 49.5 Å². The Hall–Kier alpha value is -1.79. The molecule has 0 spiro atoms. The van der Waals surface area contributed by atoms with Crippen molar-refractivity contribution in [3.8, 4) is 11.5 Å². The highest BCUT2D eigenvalue weighted by Crippen LogP contribution is 2.28. The summed E-state index contributed by atoms with van der Waals surface area (Å²) < 4.78 is 11.2. The minimum absolute atomic E-state index is 0.235. The van der Waals surface area contributed by atoms with Gasteiger partial charge in [0.15, 0.2) is 11.5 Å². The minimum atomic E-state index is -0.538. The van der Waals surface area contributed by atoms with Crippen LogP contribution in [-0.2, 0) is 13.1 Å². The first-order valence-electron chi connectivity index (χ1n) is 9.71. The monoisotopic (exact) mass is 406 g/mol. The van der Waals surface area contributed by atoms with Gasteiger partial charge in [-0.15, -0.1) is 0 Å². The van der Waals surface area contributed by atoms with Crippen molar-refractivity contribution < 1.29 is 14.6 Å². The van der Waals surface area contributed by atoms with Gasteiger partial charge >= 0.3 is 0 Å². The van der Waals surface area contributed by atoms with Gasteiger partial charge in [-0.1, -0.05) is 43.6 Å². The smallest absolute Gasteiger partial charge is 0.161 e. The molecule has 0 amide bonds. The summed E-state index contributed by atoms with van der Waals surface area (Å²) in [6.45, 7) is 8.26. The van der Waals surface area contributed by atoms with Crippen LogP contribution in [0.3, 0.4) is 0 Å². The summed E-state index contributed by atoms with van der Waals surface area (Å²) in [6.07, 6.45) is -0.538. The molecule has 0 aliphatic rings. The standard InChI is InChI=1S/C22H31ClN2O3/c1-4-25(5-2)15-20(26)16-28-21-10-9-18(12-22(21)27-3)14-24-13-17-7-6-8-19(23)11-17/h6-12,20,24,26H,4-5,13-16H2,1-3H3/t20-/m0/s1. The number of hydrogen-bond donors (Lipinski definition) is 2. The van der Waals surface area contributed by atoms with Crippen LogP contribution in [0.15, 0.2) is 42.5 Å². The molecular weight excluding hydrogens is 376 g/mol. The zero-order valence-electron chi connectivity index (χ0n) is 17.0. The number of aliphatic hydroxyl groups excluding tert-OH is 1. The molecule has 2 N–H and O–H groups in total. The number of hydrogen-bond acceptors (Lipinski definition) is 5. The second-order valence-corrected chi connectivity index (χ2v) is 7.11. The fourth-order valence-corrected chi connectivity index (χ4v) is 3.17. The lowest BCUT2D eigenvalue weighted by Gasteiger charge is -2.22. The van der Waals surface area contributed by atoms with Crippen molar-refractivity contribution >= 4 is 11.6 Å². The number of nitrogens with one attached hydrogen (secondary N) is 1. The molecule has 0 saturated carbocycles. The molecule has 0 unspecified atom stereocenters. The topological polar surface area (TPSA) is 54.0 Å². The van der Waals surface area contributed by atoms with Crippen LogP contribution in [0, 0.1) is 0 Å². The summed E-state index contributed by atoms with van der Waals surface area (Å²) in [6, 6.07) is 13.7. The van der Waals surface area contributed by atoms with Crippen molar-refractivity contribution in [2.75, 3.05) is 33.4 Å². The zero-order chi connectivity index (χ0) is 20.4. The molecule has 2 aromatic rings. The number of likely N-dealkylation sites (N-methyl/N-ethyl adjacent to an activating group) is 1. The van der Waals surface area contributed by atoms with Gasteiger partial charge in [0.2, 0.25) is 0 Å². The van der Waals surface area contributed by atoms with Crippen LogP contribution in [0.1, 0.15) is 25.0 Å². The highest BCUT2D eigenvalue weighted by Gasteiger charge is 2.12. The number of rotatable bonds is 12. The van der Waals surface area contributed by atoms with Gasteiger partial charge in [0.05, 0.1) is 7.11 Å². The molecule has 0 radical (unpaired) electrons.